The van der Waals surface area contributed by atoms with Crippen LogP contribution in [0.1, 0.15) is 0 Å². The van der Waals surface area contributed by atoms with Crippen molar-refractivity contribution in [1.29, 1.82) is 0 Å². The molecule has 0 radical (unpaired) electrons. The summed E-state index contributed by atoms with van der Waals surface area (Å²) in [7, 11) is -3.47. The Kier molecular flexibility index (Phi) is 4.80. The van der Waals surface area contributed by atoms with Gasteiger partial charge in [0.25, 0.3) is 0 Å². The van der Waals surface area contributed by atoms with Crippen molar-refractivity contribution in [2.45, 2.75) is 30.7 Å². The number of ether oxygens (including phenoxy) is 2. The molecule has 1 aliphatic rings. The summed E-state index contributed by atoms with van der Waals surface area (Å²) in [5.74, 6) is 0. The van der Waals surface area contributed by atoms with Gasteiger partial charge in [0.1, 0.15) is 24.4 Å². The number of methoxy groups -OCH3 is 1. The van der Waals surface area contributed by atoms with Gasteiger partial charge in [0.05, 0.1) is 6.61 Å². The normalized spacial score (nSPS) is 39.2. The van der Waals surface area contributed by atoms with Gasteiger partial charge in [0.2, 0.25) is 0 Å². The molecule has 5 atom stereocenters. The zero-order valence-electron chi connectivity index (χ0n) is 8.83. The summed E-state index contributed by atoms with van der Waals surface area (Å²) in [4.78, 5) is 0. The summed E-state index contributed by atoms with van der Waals surface area (Å²) in [5, 5.41) is 28.0. The standard InChI is InChI=1S/C7H14O9S/c1-14-6-3(2-15-17(11,12)13)16-7(10)5(9)4(6)8/h3-10H,2H2,1H3,(H,11,12,13)/t3-,4-,5-,6+,7+/m1/s1. The fourth-order valence-corrected chi connectivity index (χ4v) is 1.80. The molecule has 1 saturated heterocycles. The first-order valence-electron chi connectivity index (χ1n) is 4.60. The lowest BCUT2D eigenvalue weighted by Gasteiger charge is -2.39. The van der Waals surface area contributed by atoms with E-state index in [0.717, 1.165) is 0 Å². The summed E-state index contributed by atoms with van der Waals surface area (Å²) in [6, 6.07) is 0. The Morgan fingerprint density at radius 1 is 1.24 bits per heavy atom. The molecule has 0 amide bonds. The van der Waals surface area contributed by atoms with Crippen LogP contribution in [0.25, 0.3) is 0 Å². The topological polar surface area (TPSA) is 143 Å². The molecule has 1 aliphatic heterocycles. The molecule has 0 bridgehead atoms. The maximum atomic E-state index is 10.4. The lowest BCUT2D eigenvalue weighted by Crippen LogP contribution is -2.59. The average Bonchev–Trinajstić information content (AvgIpc) is 2.22. The molecule has 102 valence electrons. The number of rotatable bonds is 4. The Morgan fingerprint density at radius 2 is 1.82 bits per heavy atom. The van der Waals surface area contributed by atoms with Gasteiger partial charge in [0, 0.05) is 7.11 Å². The summed E-state index contributed by atoms with van der Waals surface area (Å²) in [6.45, 7) is -0.668. The van der Waals surface area contributed by atoms with E-state index in [1.807, 2.05) is 0 Å². The van der Waals surface area contributed by atoms with Gasteiger partial charge in [0.15, 0.2) is 6.29 Å². The van der Waals surface area contributed by atoms with Crippen LogP contribution in [0.2, 0.25) is 0 Å². The maximum Gasteiger partial charge on any atom is 0.397 e. The molecule has 1 heterocycles. The molecule has 0 unspecified atom stereocenters. The third kappa shape index (κ3) is 3.82. The van der Waals surface area contributed by atoms with Crippen molar-refractivity contribution in [3.8, 4) is 0 Å². The minimum Gasteiger partial charge on any atom is -0.387 e. The van der Waals surface area contributed by atoms with Crippen molar-refractivity contribution in [1.82, 2.24) is 0 Å². The Morgan fingerprint density at radius 3 is 2.29 bits per heavy atom. The van der Waals surface area contributed by atoms with E-state index in [1.54, 1.807) is 0 Å². The summed E-state index contributed by atoms with van der Waals surface area (Å²) < 4.78 is 42.7. The molecule has 1 rings (SSSR count). The maximum absolute atomic E-state index is 10.4. The molecule has 0 aromatic rings. The first kappa shape index (κ1) is 14.7. The van der Waals surface area contributed by atoms with Crippen LogP contribution in [0.4, 0.5) is 0 Å². The Hall–Kier alpha value is -0.330. The Bertz CT molecular complexity index is 341. The van der Waals surface area contributed by atoms with Crippen LogP contribution in [-0.4, -0.2) is 72.7 Å². The van der Waals surface area contributed by atoms with E-state index in [0.29, 0.717) is 0 Å². The predicted octanol–water partition coefficient (Wildman–Crippen LogP) is -2.74. The molecule has 9 nitrogen and oxygen atoms in total. The van der Waals surface area contributed by atoms with E-state index in [1.165, 1.54) is 7.11 Å². The fraction of sp³-hybridized carbons (Fsp3) is 1.00. The molecule has 0 spiro atoms. The second kappa shape index (κ2) is 5.54. The van der Waals surface area contributed by atoms with Crippen LogP contribution < -0.4 is 0 Å². The van der Waals surface area contributed by atoms with Crippen molar-refractivity contribution in [3.63, 3.8) is 0 Å². The number of aliphatic hydroxyl groups excluding tert-OH is 3. The molecule has 17 heavy (non-hydrogen) atoms. The lowest BCUT2D eigenvalue weighted by atomic mass is 9.99. The highest BCUT2D eigenvalue weighted by atomic mass is 32.3. The van der Waals surface area contributed by atoms with E-state index >= 15 is 0 Å². The number of hydrogen-bond acceptors (Lipinski definition) is 8. The highest BCUT2D eigenvalue weighted by molar-refractivity contribution is 7.80. The molecule has 10 heteroatoms. The van der Waals surface area contributed by atoms with Crippen LogP contribution in [0.3, 0.4) is 0 Å². The van der Waals surface area contributed by atoms with E-state index in [4.69, 9.17) is 14.0 Å². The monoisotopic (exact) mass is 274 g/mol. The number of hydrogen-bond donors (Lipinski definition) is 4. The second-order valence-corrected chi connectivity index (χ2v) is 4.55. The van der Waals surface area contributed by atoms with E-state index in [2.05, 4.69) is 4.18 Å². The third-order valence-electron chi connectivity index (χ3n) is 2.31. The van der Waals surface area contributed by atoms with Gasteiger partial charge in [-0.05, 0) is 0 Å². The summed E-state index contributed by atoms with van der Waals surface area (Å²) in [6.07, 6.45) is -7.02. The fourth-order valence-electron chi connectivity index (χ4n) is 1.50. The number of aliphatic hydroxyl groups is 3. The quantitative estimate of drug-likeness (QED) is 0.401. The summed E-state index contributed by atoms with van der Waals surface area (Å²) in [5.41, 5.74) is 0. The van der Waals surface area contributed by atoms with Crippen molar-refractivity contribution in [2.24, 2.45) is 0 Å². The first-order chi connectivity index (χ1) is 7.76. The van der Waals surface area contributed by atoms with Crippen molar-refractivity contribution in [2.75, 3.05) is 13.7 Å². The minimum atomic E-state index is -4.66. The van der Waals surface area contributed by atoms with Gasteiger partial charge >= 0.3 is 10.4 Å². The van der Waals surface area contributed by atoms with Gasteiger partial charge in [-0.15, -0.1) is 0 Å². The van der Waals surface area contributed by atoms with Crippen molar-refractivity contribution in [3.05, 3.63) is 0 Å². The van der Waals surface area contributed by atoms with Crippen molar-refractivity contribution >= 4 is 10.4 Å². The molecular weight excluding hydrogens is 260 g/mol. The van der Waals surface area contributed by atoms with Crippen LogP contribution in [0.5, 0.6) is 0 Å². The van der Waals surface area contributed by atoms with E-state index in [-0.39, 0.29) is 0 Å². The highest BCUT2D eigenvalue weighted by Crippen LogP contribution is 2.22. The molecule has 0 aliphatic carbocycles. The van der Waals surface area contributed by atoms with Gasteiger partial charge in [-0.25, -0.2) is 4.18 Å². The Labute approximate surface area is 97.5 Å². The molecule has 1 fully saturated rings. The van der Waals surface area contributed by atoms with Crippen LogP contribution in [0, 0.1) is 0 Å². The smallest absolute Gasteiger partial charge is 0.387 e. The first-order valence-corrected chi connectivity index (χ1v) is 5.97. The van der Waals surface area contributed by atoms with Crippen molar-refractivity contribution < 1.29 is 41.9 Å². The molecule has 0 saturated carbocycles. The highest BCUT2D eigenvalue weighted by Gasteiger charge is 2.44. The predicted molar refractivity (Wildman–Crippen MR) is 51.2 cm³/mol. The van der Waals surface area contributed by atoms with Gasteiger partial charge in [-0.2, -0.15) is 8.42 Å². The molecular formula is C7H14O9S. The van der Waals surface area contributed by atoms with Crippen LogP contribution >= 0.6 is 0 Å². The molecule has 0 aromatic carbocycles. The van der Waals surface area contributed by atoms with Gasteiger partial charge < -0.3 is 24.8 Å². The van der Waals surface area contributed by atoms with E-state index in [9.17, 15) is 23.7 Å². The van der Waals surface area contributed by atoms with E-state index < -0.39 is 47.7 Å². The minimum absolute atomic E-state index is 0.668. The average molecular weight is 274 g/mol. The molecule has 0 aromatic heterocycles. The largest absolute Gasteiger partial charge is 0.397 e. The lowest BCUT2D eigenvalue weighted by molar-refractivity contribution is -0.289. The summed E-state index contributed by atoms with van der Waals surface area (Å²) >= 11 is 0. The molecule has 4 N–H and O–H groups in total. The van der Waals surface area contributed by atoms with Gasteiger partial charge in [-0.1, -0.05) is 0 Å². The Balaban J connectivity index is 2.69. The van der Waals surface area contributed by atoms with Crippen LogP contribution in [0.15, 0.2) is 0 Å². The second-order valence-electron chi connectivity index (χ2n) is 3.46. The zero-order valence-corrected chi connectivity index (χ0v) is 9.65. The third-order valence-corrected chi connectivity index (χ3v) is 2.75. The SMILES string of the molecule is CO[C@@H]1[C@H](O)[C@@H](O)[C@@H](O)O[C@@H]1COS(=O)(=O)O. The van der Waals surface area contributed by atoms with Crippen LogP contribution in [-0.2, 0) is 24.1 Å². The zero-order chi connectivity index (χ0) is 13.2. The van der Waals surface area contributed by atoms with Gasteiger partial charge in [-0.3, -0.25) is 4.55 Å².